The molecule has 0 aliphatic carbocycles. The standard InChI is InChI=1S/C22H27FN2O3.ClH/c1-16-13-17(3-8-20(16)28-19-6-4-18(23)5-7-19)14-25-21(26)22(15-27-2)9-11-24-12-10-22;/h3-8,13,24H,9-12,14-15H2,1-2H3,(H,25,26);1H. The molecular formula is C22H28ClFN2O3. The van der Waals surface area contributed by atoms with Gasteiger partial charge in [0.15, 0.2) is 0 Å². The number of halogens is 2. The van der Waals surface area contributed by atoms with Crippen molar-refractivity contribution in [3.8, 4) is 11.5 Å². The summed E-state index contributed by atoms with van der Waals surface area (Å²) in [5, 5.41) is 6.36. The van der Waals surface area contributed by atoms with E-state index in [9.17, 15) is 9.18 Å². The van der Waals surface area contributed by atoms with Gasteiger partial charge in [-0.1, -0.05) is 12.1 Å². The van der Waals surface area contributed by atoms with Crippen LogP contribution >= 0.6 is 12.4 Å². The Morgan fingerprint density at radius 1 is 1.17 bits per heavy atom. The van der Waals surface area contributed by atoms with Crippen molar-refractivity contribution in [3.63, 3.8) is 0 Å². The number of benzene rings is 2. The number of methoxy groups -OCH3 is 1. The van der Waals surface area contributed by atoms with Crippen LogP contribution in [0.2, 0.25) is 0 Å². The lowest BCUT2D eigenvalue weighted by Crippen LogP contribution is -2.49. The number of hydrogen-bond acceptors (Lipinski definition) is 4. The first-order valence-electron chi connectivity index (χ1n) is 9.53. The van der Waals surface area contributed by atoms with Gasteiger partial charge in [0, 0.05) is 13.7 Å². The van der Waals surface area contributed by atoms with Gasteiger partial charge >= 0.3 is 0 Å². The summed E-state index contributed by atoms with van der Waals surface area (Å²) in [5.41, 5.74) is 1.49. The van der Waals surface area contributed by atoms with Crippen LogP contribution in [0.15, 0.2) is 42.5 Å². The molecule has 2 N–H and O–H groups in total. The van der Waals surface area contributed by atoms with Crippen LogP contribution in [-0.2, 0) is 16.1 Å². The highest BCUT2D eigenvalue weighted by Gasteiger charge is 2.39. The van der Waals surface area contributed by atoms with Crippen LogP contribution in [0.25, 0.3) is 0 Å². The first kappa shape index (κ1) is 23.1. The summed E-state index contributed by atoms with van der Waals surface area (Å²) < 4.78 is 24.2. The van der Waals surface area contributed by atoms with Crippen LogP contribution in [0.3, 0.4) is 0 Å². The molecule has 3 rings (SSSR count). The minimum absolute atomic E-state index is 0. The molecule has 0 spiro atoms. The minimum atomic E-state index is -0.458. The van der Waals surface area contributed by atoms with Crippen molar-refractivity contribution in [2.45, 2.75) is 26.3 Å². The van der Waals surface area contributed by atoms with Crippen molar-refractivity contribution in [1.82, 2.24) is 10.6 Å². The van der Waals surface area contributed by atoms with Crippen LogP contribution in [0.4, 0.5) is 4.39 Å². The largest absolute Gasteiger partial charge is 0.457 e. The van der Waals surface area contributed by atoms with E-state index in [1.54, 1.807) is 19.2 Å². The van der Waals surface area contributed by atoms with E-state index in [-0.39, 0.29) is 24.1 Å². The summed E-state index contributed by atoms with van der Waals surface area (Å²) in [7, 11) is 1.64. The summed E-state index contributed by atoms with van der Waals surface area (Å²) in [4.78, 5) is 12.8. The number of ether oxygens (including phenoxy) is 2. The molecule has 0 radical (unpaired) electrons. The van der Waals surface area contributed by atoms with Crippen LogP contribution in [0.5, 0.6) is 11.5 Å². The molecule has 5 nitrogen and oxygen atoms in total. The number of rotatable bonds is 7. The molecule has 2 aromatic rings. The molecule has 0 bridgehead atoms. The van der Waals surface area contributed by atoms with Gasteiger partial charge in [-0.2, -0.15) is 0 Å². The van der Waals surface area contributed by atoms with E-state index in [1.807, 2.05) is 25.1 Å². The van der Waals surface area contributed by atoms with Gasteiger partial charge in [0.2, 0.25) is 5.91 Å². The topological polar surface area (TPSA) is 59.6 Å². The van der Waals surface area contributed by atoms with Gasteiger partial charge in [-0.3, -0.25) is 4.79 Å². The fourth-order valence-electron chi connectivity index (χ4n) is 3.55. The van der Waals surface area contributed by atoms with Gasteiger partial charge in [-0.05, 0) is 74.3 Å². The van der Waals surface area contributed by atoms with Crippen LogP contribution in [-0.4, -0.2) is 32.7 Å². The summed E-state index contributed by atoms with van der Waals surface area (Å²) in [5.74, 6) is 1.03. The molecule has 1 saturated heterocycles. The quantitative estimate of drug-likeness (QED) is 0.708. The number of hydrogen-bond donors (Lipinski definition) is 2. The molecule has 7 heteroatoms. The number of amides is 1. The van der Waals surface area contributed by atoms with Crippen LogP contribution in [0.1, 0.15) is 24.0 Å². The van der Waals surface area contributed by atoms with Crippen molar-refractivity contribution >= 4 is 18.3 Å². The Kier molecular flexibility index (Phi) is 8.44. The van der Waals surface area contributed by atoms with Crippen LogP contribution in [0, 0.1) is 18.2 Å². The molecule has 2 aromatic carbocycles. The summed E-state index contributed by atoms with van der Waals surface area (Å²) in [6.07, 6.45) is 1.55. The summed E-state index contributed by atoms with van der Waals surface area (Å²) in [6, 6.07) is 11.7. The third kappa shape index (κ3) is 5.92. The first-order valence-corrected chi connectivity index (χ1v) is 9.53. The zero-order valence-corrected chi connectivity index (χ0v) is 17.6. The average Bonchev–Trinajstić information content (AvgIpc) is 2.70. The maximum atomic E-state index is 13.0. The van der Waals surface area contributed by atoms with Gasteiger partial charge in [-0.25, -0.2) is 4.39 Å². The Morgan fingerprint density at radius 2 is 1.86 bits per heavy atom. The Balaban J connectivity index is 0.00000300. The van der Waals surface area contributed by atoms with E-state index in [2.05, 4.69) is 10.6 Å². The van der Waals surface area contributed by atoms with Gasteiger partial charge in [0.1, 0.15) is 17.3 Å². The predicted molar refractivity (Wildman–Crippen MR) is 113 cm³/mol. The predicted octanol–water partition coefficient (Wildman–Crippen LogP) is 3.98. The SMILES string of the molecule is COCC1(C(=O)NCc2ccc(Oc3ccc(F)cc3)c(C)c2)CCNCC1.Cl. The Bertz CT molecular complexity index is 803. The van der Waals surface area contributed by atoms with E-state index >= 15 is 0 Å². The van der Waals surface area contributed by atoms with Crippen molar-refractivity contribution in [1.29, 1.82) is 0 Å². The highest BCUT2D eigenvalue weighted by atomic mass is 35.5. The molecular weight excluding hydrogens is 395 g/mol. The molecule has 1 amide bonds. The fraction of sp³-hybridized carbons (Fsp3) is 0.409. The van der Waals surface area contributed by atoms with Crippen LogP contribution < -0.4 is 15.4 Å². The molecule has 1 aliphatic rings. The van der Waals surface area contributed by atoms with Crippen molar-refractivity contribution in [2.75, 3.05) is 26.8 Å². The van der Waals surface area contributed by atoms with Gasteiger partial charge in [0.25, 0.3) is 0 Å². The Morgan fingerprint density at radius 3 is 2.48 bits per heavy atom. The maximum Gasteiger partial charge on any atom is 0.228 e. The van der Waals surface area contributed by atoms with Crippen molar-refractivity contribution in [3.05, 3.63) is 59.4 Å². The Hall–Kier alpha value is -2.15. The molecule has 1 heterocycles. The van der Waals surface area contributed by atoms with E-state index in [4.69, 9.17) is 9.47 Å². The maximum absolute atomic E-state index is 13.0. The first-order chi connectivity index (χ1) is 13.5. The number of aryl methyl sites for hydroxylation is 1. The third-order valence-electron chi connectivity index (χ3n) is 5.20. The highest BCUT2D eigenvalue weighted by molar-refractivity contribution is 5.85. The normalized spacial score (nSPS) is 15.3. The number of carbonyl (C=O) groups is 1. The second-order valence-corrected chi connectivity index (χ2v) is 7.30. The van der Waals surface area contributed by atoms with E-state index in [0.717, 1.165) is 37.1 Å². The van der Waals surface area contributed by atoms with Gasteiger partial charge in [0.05, 0.1) is 12.0 Å². The molecule has 0 unspecified atom stereocenters. The van der Waals surface area contributed by atoms with E-state index in [1.165, 1.54) is 12.1 Å². The summed E-state index contributed by atoms with van der Waals surface area (Å²) in [6.45, 7) is 4.49. The fourth-order valence-corrected chi connectivity index (χ4v) is 3.55. The average molecular weight is 423 g/mol. The zero-order chi connectivity index (χ0) is 20.0. The molecule has 0 saturated carbocycles. The molecule has 1 aliphatic heterocycles. The van der Waals surface area contributed by atoms with Gasteiger partial charge in [-0.15, -0.1) is 12.4 Å². The molecule has 0 aromatic heterocycles. The van der Waals surface area contributed by atoms with Crippen molar-refractivity contribution < 1.29 is 18.7 Å². The second kappa shape index (κ2) is 10.6. The van der Waals surface area contributed by atoms with Gasteiger partial charge < -0.3 is 20.1 Å². The lowest BCUT2D eigenvalue weighted by Gasteiger charge is -2.35. The third-order valence-corrected chi connectivity index (χ3v) is 5.20. The van der Waals surface area contributed by atoms with Crippen molar-refractivity contribution in [2.24, 2.45) is 5.41 Å². The number of carbonyl (C=O) groups excluding carboxylic acids is 1. The monoisotopic (exact) mass is 422 g/mol. The molecule has 29 heavy (non-hydrogen) atoms. The number of nitrogens with one attached hydrogen (secondary N) is 2. The highest BCUT2D eigenvalue weighted by Crippen LogP contribution is 2.30. The Labute approximate surface area is 177 Å². The van der Waals surface area contributed by atoms with E-state index in [0.29, 0.717) is 24.7 Å². The molecule has 158 valence electrons. The smallest absolute Gasteiger partial charge is 0.228 e. The molecule has 0 atom stereocenters. The molecule has 1 fully saturated rings. The minimum Gasteiger partial charge on any atom is -0.457 e. The number of piperidine rings is 1. The van der Waals surface area contributed by atoms with E-state index < -0.39 is 5.41 Å². The second-order valence-electron chi connectivity index (χ2n) is 7.30. The zero-order valence-electron chi connectivity index (χ0n) is 16.8. The summed E-state index contributed by atoms with van der Waals surface area (Å²) >= 11 is 0. The lowest BCUT2D eigenvalue weighted by atomic mass is 9.78. The lowest BCUT2D eigenvalue weighted by molar-refractivity contribution is -0.136.